The number of hydrogen-bond acceptors (Lipinski definition) is 2. The maximum absolute atomic E-state index is 2.58. The standard InChI is InChI=1S/C38H27BN2/c1-3-14-28(15-4-1)40-34-20-11-21-35-36(34)39(32-24-22-26-12-7-9-18-30(26)37(32)40)33-25-23-27-13-8-10-19-31(27)38(33)41(35)29-16-5-2-6-17-29/h1-5,7-16,18-25H,6,17H2. The van der Waals surface area contributed by atoms with Crippen LogP contribution in [0.25, 0.3) is 21.5 Å². The third-order valence-corrected chi connectivity index (χ3v) is 9.06. The Morgan fingerprint density at radius 1 is 0.537 bits per heavy atom. The Kier molecular flexibility index (Phi) is 4.85. The number of fused-ring (bicyclic) bond motifs is 8. The van der Waals surface area contributed by atoms with Gasteiger partial charge in [0.1, 0.15) is 0 Å². The van der Waals surface area contributed by atoms with Crippen molar-refractivity contribution in [2.75, 3.05) is 9.80 Å². The molecule has 0 N–H and O–H groups in total. The zero-order valence-electron chi connectivity index (χ0n) is 22.7. The van der Waals surface area contributed by atoms with Gasteiger partial charge in [0.2, 0.25) is 0 Å². The number of hydrogen-bond donors (Lipinski definition) is 0. The molecular formula is C38H27BN2. The molecule has 0 radical (unpaired) electrons. The van der Waals surface area contributed by atoms with E-state index in [0.29, 0.717) is 0 Å². The fraction of sp³-hybridized carbons (Fsp3) is 0.0526. The van der Waals surface area contributed by atoms with Crippen LogP contribution < -0.4 is 26.2 Å². The van der Waals surface area contributed by atoms with E-state index in [1.807, 2.05) is 0 Å². The SMILES string of the molecule is C1=CCCC(N2c3cccc4c3B(c3ccc5ccccc5c32)c2ccc3ccccc3c2N4c2ccccc2)=C1. The van der Waals surface area contributed by atoms with Crippen molar-refractivity contribution in [2.45, 2.75) is 12.8 Å². The van der Waals surface area contributed by atoms with Crippen molar-refractivity contribution in [1.29, 1.82) is 0 Å². The number of benzene rings is 6. The van der Waals surface area contributed by atoms with Gasteiger partial charge in [0.05, 0.1) is 0 Å². The number of nitrogens with zero attached hydrogens (tertiary/aromatic N) is 2. The van der Waals surface area contributed by atoms with Crippen LogP contribution in [0.15, 0.2) is 145 Å². The molecule has 2 nitrogen and oxygen atoms in total. The molecule has 0 aromatic heterocycles. The van der Waals surface area contributed by atoms with E-state index in [0.717, 1.165) is 12.8 Å². The van der Waals surface area contributed by atoms with E-state index in [-0.39, 0.29) is 6.71 Å². The van der Waals surface area contributed by atoms with E-state index in [2.05, 4.69) is 149 Å². The third-order valence-electron chi connectivity index (χ3n) is 9.06. The maximum atomic E-state index is 2.58. The average molecular weight is 522 g/mol. The van der Waals surface area contributed by atoms with Crippen molar-refractivity contribution in [3.8, 4) is 0 Å². The van der Waals surface area contributed by atoms with Crippen molar-refractivity contribution in [3.05, 3.63) is 145 Å². The normalized spacial score (nSPS) is 15.0. The number of rotatable bonds is 2. The zero-order chi connectivity index (χ0) is 26.9. The quantitative estimate of drug-likeness (QED) is 0.213. The fourth-order valence-electron chi connectivity index (χ4n) is 7.38. The molecule has 0 bridgehead atoms. The van der Waals surface area contributed by atoms with Crippen molar-refractivity contribution in [2.24, 2.45) is 0 Å². The average Bonchev–Trinajstić information content (AvgIpc) is 3.05. The van der Waals surface area contributed by atoms with Gasteiger partial charge in [-0.05, 0) is 70.3 Å². The van der Waals surface area contributed by atoms with Gasteiger partial charge in [-0.15, -0.1) is 0 Å². The lowest BCUT2D eigenvalue weighted by Crippen LogP contribution is -2.61. The Hall–Kier alpha value is -5.02. The van der Waals surface area contributed by atoms with E-state index in [4.69, 9.17) is 0 Å². The van der Waals surface area contributed by atoms with Gasteiger partial charge in [-0.2, -0.15) is 0 Å². The lowest BCUT2D eigenvalue weighted by molar-refractivity contribution is 0.920. The van der Waals surface area contributed by atoms with Crippen LogP contribution in [0.4, 0.5) is 28.4 Å². The molecule has 0 amide bonds. The smallest absolute Gasteiger partial charge is 0.252 e. The molecule has 0 saturated carbocycles. The van der Waals surface area contributed by atoms with Gasteiger partial charge in [-0.25, -0.2) is 0 Å². The molecule has 41 heavy (non-hydrogen) atoms. The molecule has 0 fully saturated rings. The zero-order valence-corrected chi connectivity index (χ0v) is 22.7. The highest BCUT2D eigenvalue weighted by atomic mass is 15.2. The highest BCUT2D eigenvalue weighted by Gasteiger charge is 2.44. The minimum atomic E-state index is 0.136. The van der Waals surface area contributed by atoms with Gasteiger partial charge in [0.15, 0.2) is 0 Å². The minimum absolute atomic E-state index is 0.136. The minimum Gasteiger partial charge on any atom is -0.315 e. The van der Waals surface area contributed by atoms with Crippen LogP contribution in [-0.4, -0.2) is 6.71 Å². The summed E-state index contributed by atoms with van der Waals surface area (Å²) in [5, 5.41) is 5.14. The van der Waals surface area contributed by atoms with Crippen LogP contribution >= 0.6 is 0 Å². The molecule has 3 aliphatic rings. The second-order valence-corrected chi connectivity index (χ2v) is 11.2. The Bertz CT molecular complexity index is 2070. The lowest BCUT2D eigenvalue weighted by atomic mass is 9.33. The molecule has 0 saturated heterocycles. The maximum Gasteiger partial charge on any atom is 0.252 e. The van der Waals surface area contributed by atoms with Crippen molar-refractivity contribution in [3.63, 3.8) is 0 Å². The molecule has 0 atom stereocenters. The summed E-state index contributed by atoms with van der Waals surface area (Å²) in [6, 6.07) is 44.9. The predicted molar refractivity (Wildman–Crippen MR) is 176 cm³/mol. The van der Waals surface area contributed by atoms with Crippen LogP contribution in [0.5, 0.6) is 0 Å². The fourth-order valence-corrected chi connectivity index (χ4v) is 7.38. The first kappa shape index (κ1) is 22.8. The Balaban J connectivity index is 1.44. The number of anilines is 5. The topological polar surface area (TPSA) is 6.48 Å². The van der Waals surface area contributed by atoms with Gasteiger partial charge in [0, 0.05) is 44.9 Å². The summed E-state index contributed by atoms with van der Waals surface area (Å²) < 4.78 is 0. The highest BCUT2D eigenvalue weighted by Crippen LogP contribution is 2.46. The summed E-state index contributed by atoms with van der Waals surface area (Å²) in [6.07, 6.45) is 8.90. The van der Waals surface area contributed by atoms with E-state index in [1.165, 1.54) is 72.1 Å². The summed E-state index contributed by atoms with van der Waals surface area (Å²) in [4.78, 5) is 5.08. The molecule has 6 aromatic carbocycles. The van der Waals surface area contributed by atoms with Gasteiger partial charge in [0.25, 0.3) is 6.71 Å². The van der Waals surface area contributed by atoms with E-state index in [1.54, 1.807) is 0 Å². The summed E-state index contributed by atoms with van der Waals surface area (Å²) in [7, 11) is 0. The van der Waals surface area contributed by atoms with Crippen LogP contribution in [0.3, 0.4) is 0 Å². The monoisotopic (exact) mass is 522 g/mol. The molecule has 192 valence electrons. The first-order valence-electron chi connectivity index (χ1n) is 14.6. The molecule has 2 aliphatic heterocycles. The Labute approximate surface area is 240 Å². The van der Waals surface area contributed by atoms with Crippen LogP contribution in [0.1, 0.15) is 12.8 Å². The van der Waals surface area contributed by atoms with Crippen LogP contribution in [0, 0.1) is 0 Å². The van der Waals surface area contributed by atoms with Crippen molar-refractivity contribution < 1.29 is 0 Å². The second kappa shape index (κ2) is 8.74. The van der Waals surface area contributed by atoms with Crippen LogP contribution in [-0.2, 0) is 0 Å². The lowest BCUT2D eigenvalue weighted by Gasteiger charge is -2.45. The summed E-state index contributed by atoms with van der Waals surface area (Å²) in [5.74, 6) is 0. The first-order chi connectivity index (χ1) is 20.4. The van der Waals surface area contributed by atoms with Gasteiger partial charge < -0.3 is 9.80 Å². The molecule has 0 spiro atoms. The molecule has 6 aromatic rings. The molecular weight excluding hydrogens is 495 g/mol. The third kappa shape index (κ3) is 3.20. The van der Waals surface area contributed by atoms with Gasteiger partial charge in [-0.3, -0.25) is 0 Å². The summed E-state index contributed by atoms with van der Waals surface area (Å²) in [5.41, 5.74) is 11.8. The van der Waals surface area contributed by atoms with E-state index >= 15 is 0 Å². The first-order valence-corrected chi connectivity index (χ1v) is 14.6. The van der Waals surface area contributed by atoms with E-state index in [9.17, 15) is 0 Å². The molecule has 2 heterocycles. The van der Waals surface area contributed by atoms with Crippen molar-refractivity contribution >= 4 is 73.1 Å². The predicted octanol–water partition coefficient (Wildman–Crippen LogP) is 7.98. The highest BCUT2D eigenvalue weighted by molar-refractivity contribution is 7.00. The van der Waals surface area contributed by atoms with Gasteiger partial charge in [-0.1, -0.05) is 109 Å². The number of allylic oxidation sites excluding steroid dienone is 4. The second-order valence-electron chi connectivity index (χ2n) is 11.2. The van der Waals surface area contributed by atoms with E-state index < -0.39 is 0 Å². The van der Waals surface area contributed by atoms with Crippen LogP contribution in [0.2, 0.25) is 0 Å². The summed E-state index contributed by atoms with van der Waals surface area (Å²) in [6.45, 7) is 0.136. The Morgan fingerprint density at radius 2 is 1.15 bits per heavy atom. The van der Waals surface area contributed by atoms with Crippen molar-refractivity contribution in [1.82, 2.24) is 0 Å². The number of para-hydroxylation sites is 1. The van der Waals surface area contributed by atoms with Gasteiger partial charge >= 0.3 is 0 Å². The molecule has 3 heteroatoms. The molecule has 1 aliphatic carbocycles. The molecule has 0 unspecified atom stereocenters. The molecule has 9 rings (SSSR count). The summed E-state index contributed by atoms with van der Waals surface area (Å²) >= 11 is 0. The Morgan fingerprint density at radius 3 is 1.80 bits per heavy atom. The largest absolute Gasteiger partial charge is 0.315 e.